The van der Waals surface area contributed by atoms with Crippen LogP contribution < -0.4 is 20.6 Å². The van der Waals surface area contributed by atoms with Gasteiger partial charge in [0, 0.05) is 62.8 Å². The van der Waals surface area contributed by atoms with Crippen LogP contribution in [0.5, 0.6) is 6.01 Å². The lowest BCUT2D eigenvalue weighted by Gasteiger charge is -2.52. The summed E-state index contributed by atoms with van der Waals surface area (Å²) in [7, 11) is 1.72. The van der Waals surface area contributed by atoms with Gasteiger partial charge in [-0.05, 0) is 151 Å². The van der Waals surface area contributed by atoms with Gasteiger partial charge in [0.15, 0.2) is 5.82 Å². The van der Waals surface area contributed by atoms with Crippen LogP contribution >= 0.6 is 0 Å². The Morgan fingerprint density at radius 3 is 2.43 bits per heavy atom. The number of ether oxygens (including phenoxy) is 3. The monoisotopic (exact) mass is 1130 g/mol. The minimum Gasteiger partial charge on any atom is -0.461 e. The van der Waals surface area contributed by atoms with E-state index >= 15 is 8.78 Å². The number of halogens is 2. The maximum atomic E-state index is 17.5. The second-order valence-corrected chi connectivity index (χ2v) is 25.5. The van der Waals surface area contributed by atoms with Crippen molar-refractivity contribution in [2.75, 3.05) is 50.8 Å². The number of piperazine rings is 1. The summed E-state index contributed by atoms with van der Waals surface area (Å²) in [6.07, 6.45) is 18.2. The van der Waals surface area contributed by atoms with Gasteiger partial charge in [-0.3, -0.25) is 38.8 Å². The molecule has 1 saturated carbocycles. The Kier molecular flexibility index (Phi) is 13.7. The first kappa shape index (κ1) is 54.6. The fourth-order valence-electron chi connectivity index (χ4n) is 15.2. The Balaban J connectivity index is 0.654. The minimum absolute atomic E-state index is 0.00116. The topological polar surface area (TPSA) is 187 Å². The number of fused-ring (bicyclic) bond motifs is 6. The molecule has 5 atom stereocenters. The van der Waals surface area contributed by atoms with Crippen molar-refractivity contribution in [2.45, 2.75) is 146 Å². The molecule has 83 heavy (non-hydrogen) atoms. The van der Waals surface area contributed by atoms with Gasteiger partial charge < -0.3 is 24.0 Å². The van der Waals surface area contributed by atoms with E-state index in [2.05, 4.69) is 32.1 Å². The molecule has 1 N–H and O–H groups in total. The number of carbonyl (C=O) groups is 4. The van der Waals surface area contributed by atoms with Crippen LogP contribution in [0.2, 0.25) is 0 Å². The number of aromatic nitrogens is 5. The maximum Gasteiger partial charge on any atom is 0.410 e. The lowest BCUT2D eigenvalue weighted by molar-refractivity contribution is -0.135. The fraction of sp³-hybridized carbons (Fsp3) is 0.524. The SMILES string of the molecule is C#Cc1c(F)ccc2cccc(-c3ncc4c(N5CC6CCC(C5)N6C(=O)OC(C)(C)C)nc(OC[C@@]56CCCN5[C@H](COC(=O)N5CCC7(CC5)CC(CCc5ccc8c(c5)n(C)c(=O)n8C5CCC(=O)NC5=O)C7)CC6)nc4c3F)c12. The molecule has 434 valence electrons. The van der Waals surface area contributed by atoms with Gasteiger partial charge in [-0.25, -0.2) is 23.2 Å². The number of terminal acetylenes is 1. The van der Waals surface area contributed by atoms with Crippen molar-refractivity contribution < 1.29 is 42.2 Å². The normalized spacial score (nSPS) is 24.4. The number of hydrogen-bond acceptors (Lipinski definition) is 13. The van der Waals surface area contributed by atoms with Crippen LogP contribution in [0.15, 0.2) is 59.5 Å². The number of hydrogen-bond donors (Lipinski definition) is 1. The molecule has 13 rings (SSSR count). The van der Waals surface area contributed by atoms with Crippen molar-refractivity contribution in [3.8, 4) is 29.6 Å². The third-order valence-electron chi connectivity index (χ3n) is 19.4. The number of aryl methyl sites for hydroxylation is 2. The average Bonchev–Trinajstić information content (AvgIpc) is 3.82. The van der Waals surface area contributed by atoms with E-state index in [9.17, 15) is 24.0 Å². The number of anilines is 1. The van der Waals surface area contributed by atoms with E-state index in [1.165, 1.54) is 10.6 Å². The number of piperidine rings is 2. The number of nitrogens with one attached hydrogen (secondary N) is 1. The second kappa shape index (κ2) is 20.9. The van der Waals surface area contributed by atoms with E-state index in [0.29, 0.717) is 71.6 Å². The van der Waals surface area contributed by atoms with Crippen LogP contribution in [0.4, 0.5) is 24.2 Å². The molecule has 7 fully saturated rings. The molecule has 0 radical (unpaired) electrons. The quantitative estimate of drug-likeness (QED) is 0.0958. The molecule has 7 aliphatic rings. The van der Waals surface area contributed by atoms with Crippen molar-refractivity contribution in [1.29, 1.82) is 0 Å². The highest BCUT2D eigenvalue weighted by molar-refractivity contribution is 6.02. The Morgan fingerprint density at radius 2 is 1.69 bits per heavy atom. The first-order valence-electron chi connectivity index (χ1n) is 29.5. The lowest BCUT2D eigenvalue weighted by atomic mass is 9.56. The number of pyridine rings is 1. The minimum atomic E-state index is -0.726. The van der Waals surface area contributed by atoms with Gasteiger partial charge in [-0.1, -0.05) is 36.3 Å². The number of amides is 4. The zero-order valence-electron chi connectivity index (χ0n) is 47.6. The lowest BCUT2D eigenvalue weighted by Crippen LogP contribution is -2.57. The van der Waals surface area contributed by atoms with Crippen LogP contribution in [0.25, 0.3) is 44.0 Å². The summed E-state index contributed by atoms with van der Waals surface area (Å²) in [5, 5.41) is 3.75. The third-order valence-corrected chi connectivity index (χ3v) is 19.4. The second-order valence-electron chi connectivity index (χ2n) is 25.5. The van der Waals surface area contributed by atoms with E-state index in [1.807, 2.05) is 42.7 Å². The molecule has 3 unspecified atom stereocenters. The summed E-state index contributed by atoms with van der Waals surface area (Å²) in [6, 6.07) is 13.1. The van der Waals surface area contributed by atoms with E-state index < -0.39 is 29.2 Å². The average molecular weight is 1130 g/mol. The molecule has 6 aromatic rings. The van der Waals surface area contributed by atoms with Gasteiger partial charge in [-0.2, -0.15) is 9.97 Å². The number of likely N-dealkylation sites (tertiary alicyclic amines) is 1. The highest BCUT2D eigenvalue weighted by Crippen LogP contribution is 2.54. The molecule has 6 saturated heterocycles. The summed E-state index contributed by atoms with van der Waals surface area (Å²) in [5.74, 6) is 1.41. The zero-order chi connectivity index (χ0) is 57.7. The van der Waals surface area contributed by atoms with Crippen LogP contribution in [-0.2, 0) is 32.5 Å². The molecule has 6 aliphatic heterocycles. The Labute approximate surface area is 479 Å². The molecule has 20 heteroatoms. The van der Waals surface area contributed by atoms with Gasteiger partial charge in [0.2, 0.25) is 11.8 Å². The predicted octanol–water partition coefficient (Wildman–Crippen LogP) is 8.96. The largest absolute Gasteiger partial charge is 0.461 e. The van der Waals surface area contributed by atoms with E-state index in [0.717, 1.165) is 94.7 Å². The fourth-order valence-corrected chi connectivity index (χ4v) is 15.2. The van der Waals surface area contributed by atoms with Gasteiger partial charge in [0.05, 0.1) is 39.6 Å². The number of carbonyl (C=O) groups excluding carboxylic acids is 4. The van der Waals surface area contributed by atoms with Crippen molar-refractivity contribution in [3.05, 3.63) is 88.0 Å². The standard InChI is InChI=1S/C63H70F2N10O8/c1-6-43-46(64)17-14-39-9-7-10-44(51(39)43)53-52(65)54-45(32-66-53)55(72-33-40-15-16-41(34-72)74(40)60(80)83-61(2,3)4)69-57(68-54)82-36-63-22-8-26-73(63)42(21-23-63)35-81-59(79)71-27-24-62(25-28-71)30-38(31-62)12-11-37-13-18-47-49(29-37)70(5)58(78)75(47)48-19-20-50(76)67-56(48)77/h1,7,9-10,13-14,17-18,29,32,38,40-42,48H,8,11-12,15-16,19-28,30-31,33-36H2,2-5H3,(H,67,76,77)/t40?,41?,42-,48?,63-/m0/s1. The van der Waals surface area contributed by atoms with Crippen LogP contribution in [-0.4, -0.2) is 138 Å². The van der Waals surface area contributed by atoms with Gasteiger partial charge in [-0.15, -0.1) is 6.42 Å². The number of rotatable bonds is 11. The third kappa shape index (κ3) is 9.79. The summed E-state index contributed by atoms with van der Waals surface area (Å²) in [6.45, 7) is 9.05. The summed E-state index contributed by atoms with van der Waals surface area (Å²) in [5.41, 5.74) is 1.83. The highest BCUT2D eigenvalue weighted by atomic mass is 19.1. The molecule has 4 amide bonds. The van der Waals surface area contributed by atoms with Crippen molar-refractivity contribution in [3.63, 3.8) is 0 Å². The molecular formula is C63H70F2N10O8. The van der Waals surface area contributed by atoms with Crippen molar-refractivity contribution in [2.24, 2.45) is 18.4 Å². The summed E-state index contributed by atoms with van der Waals surface area (Å²) >= 11 is 0. The summed E-state index contributed by atoms with van der Waals surface area (Å²) in [4.78, 5) is 87.6. The van der Waals surface area contributed by atoms with Crippen LogP contribution in [0.3, 0.4) is 0 Å². The predicted molar refractivity (Wildman–Crippen MR) is 307 cm³/mol. The highest BCUT2D eigenvalue weighted by Gasteiger charge is 2.51. The number of nitrogens with zero attached hydrogens (tertiary/aromatic N) is 9. The van der Waals surface area contributed by atoms with Gasteiger partial charge in [0.1, 0.15) is 47.7 Å². The van der Waals surface area contributed by atoms with Crippen LogP contribution in [0, 0.1) is 35.3 Å². The Hall–Kier alpha value is -7.66. The number of imidazole rings is 1. The van der Waals surface area contributed by atoms with E-state index in [1.54, 1.807) is 42.1 Å². The first-order valence-corrected chi connectivity index (χ1v) is 29.5. The molecule has 3 aromatic carbocycles. The van der Waals surface area contributed by atoms with Gasteiger partial charge in [0.25, 0.3) is 0 Å². The van der Waals surface area contributed by atoms with Gasteiger partial charge >= 0.3 is 23.9 Å². The maximum absolute atomic E-state index is 17.5. The molecule has 1 aliphatic carbocycles. The smallest absolute Gasteiger partial charge is 0.410 e. The van der Waals surface area contributed by atoms with Crippen molar-refractivity contribution >= 4 is 62.5 Å². The Bertz CT molecular complexity index is 3730. The molecule has 3 aromatic heterocycles. The van der Waals surface area contributed by atoms with Crippen LogP contribution in [0.1, 0.15) is 121 Å². The Morgan fingerprint density at radius 1 is 0.904 bits per heavy atom. The van der Waals surface area contributed by atoms with E-state index in [-0.39, 0.29) is 95.3 Å². The molecule has 2 bridgehead atoms. The zero-order valence-corrected chi connectivity index (χ0v) is 47.6. The first-order chi connectivity index (χ1) is 39.9. The molecular weight excluding hydrogens is 1060 g/mol. The van der Waals surface area contributed by atoms with E-state index in [4.69, 9.17) is 30.6 Å². The summed E-state index contributed by atoms with van der Waals surface area (Å²) < 4.78 is 54.4. The van der Waals surface area contributed by atoms with Crippen molar-refractivity contribution in [1.82, 2.24) is 44.1 Å². The molecule has 9 heterocycles. The number of benzene rings is 3. The molecule has 18 nitrogen and oxygen atoms in total. The number of imide groups is 1. The molecule has 1 spiro atoms.